The van der Waals surface area contributed by atoms with Gasteiger partial charge in [-0.1, -0.05) is 60.3 Å². The fourth-order valence-corrected chi connectivity index (χ4v) is 4.73. The fourth-order valence-electron chi connectivity index (χ4n) is 3.29. The molecular weight excluding hydrogens is 440 g/mol. The third-order valence-electron chi connectivity index (χ3n) is 4.90. The number of aromatic nitrogens is 3. The number of amides is 1. The van der Waals surface area contributed by atoms with E-state index in [1.807, 2.05) is 60.0 Å². The van der Waals surface area contributed by atoms with Crippen molar-refractivity contribution in [2.75, 3.05) is 12.9 Å². The number of hydrogen-bond acceptors (Lipinski definition) is 6. The Kier molecular flexibility index (Phi) is 7.58. The minimum atomic E-state index is -0.0279. The molecule has 4 aromatic rings. The number of nitrogens with one attached hydrogen (secondary N) is 1. The number of aryl methyl sites for hydroxylation is 1. The van der Waals surface area contributed by atoms with Gasteiger partial charge in [0.15, 0.2) is 11.0 Å². The molecule has 2 heterocycles. The highest BCUT2D eigenvalue weighted by atomic mass is 32.2. The van der Waals surface area contributed by atoms with Crippen LogP contribution in [0.3, 0.4) is 0 Å². The molecule has 6 nitrogen and oxygen atoms in total. The van der Waals surface area contributed by atoms with Crippen LogP contribution in [0.4, 0.5) is 0 Å². The lowest BCUT2D eigenvalue weighted by Gasteiger charge is -2.12. The molecular formula is C24H24N4O2S2. The summed E-state index contributed by atoms with van der Waals surface area (Å²) in [6.07, 6.45) is 0.833. The predicted octanol–water partition coefficient (Wildman–Crippen LogP) is 4.67. The molecule has 0 saturated heterocycles. The molecule has 0 aliphatic heterocycles. The molecule has 0 bridgehead atoms. The maximum atomic E-state index is 12.4. The fraction of sp³-hybridized carbons (Fsp3) is 0.208. The van der Waals surface area contributed by atoms with Gasteiger partial charge in [-0.05, 0) is 35.6 Å². The number of para-hydroxylation sites is 1. The zero-order valence-electron chi connectivity index (χ0n) is 17.7. The number of hydrogen-bond donors (Lipinski definition) is 1. The molecule has 1 amide bonds. The van der Waals surface area contributed by atoms with Crippen molar-refractivity contribution in [3.8, 4) is 17.1 Å². The first kappa shape index (κ1) is 22.1. The molecule has 0 spiro atoms. The van der Waals surface area contributed by atoms with E-state index in [0.717, 1.165) is 28.4 Å². The van der Waals surface area contributed by atoms with Crippen LogP contribution in [0.25, 0.3) is 11.4 Å². The predicted molar refractivity (Wildman–Crippen MR) is 129 cm³/mol. The highest BCUT2D eigenvalue weighted by molar-refractivity contribution is 7.99. The zero-order valence-corrected chi connectivity index (χ0v) is 19.4. The molecule has 0 fully saturated rings. The van der Waals surface area contributed by atoms with Crippen molar-refractivity contribution in [3.63, 3.8) is 0 Å². The van der Waals surface area contributed by atoms with Crippen molar-refractivity contribution < 1.29 is 9.53 Å². The molecule has 4 rings (SSSR count). The number of nitrogens with zero attached hydrogens (tertiary/aromatic N) is 3. The van der Waals surface area contributed by atoms with E-state index < -0.39 is 0 Å². The number of methoxy groups -OCH3 is 1. The van der Waals surface area contributed by atoms with Crippen molar-refractivity contribution >= 4 is 29.0 Å². The van der Waals surface area contributed by atoms with Crippen LogP contribution in [0, 0.1) is 0 Å². The van der Waals surface area contributed by atoms with Gasteiger partial charge in [0.1, 0.15) is 5.75 Å². The SMILES string of the molecule is COc1ccccc1-c1nnc(SCC(=O)NCc2cccs2)n1CCc1ccccc1. The maximum Gasteiger partial charge on any atom is 0.230 e. The van der Waals surface area contributed by atoms with E-state index >= 15 is 0 Å². The molecule has 0 aliphatic rings. The summed E-state index contributed by atoms with van der Waals surface area (Å²) in [6.45, 7) is 1.24. The maximum absolute atomic E-state index is 12.4. The third kappa shape index (κ3) is 5.57. The number of thioether (sulfide) groups is 1. The lowest BCUT2D eigenvalue weighted by molar-refractivity contribution is -0.118. The van der Waals surface area contributed by atoms with Crippen molar-refractivity contribution in [1.29, 1.82) is 0 Å². The van der Waals surface area contributed by atoms with Crippen LogP contribution in [0.1, 0.15) is 10.4 Å². The Hall–Kier alpha value is -3.10. The van der Waals surface area contributed by atoms with Gasteiger partial charge in [0.25, 0.3) is 0 Å². The van der Waals surface area contributed by atoms with E-state index in [2.05, 4.69) is 32.2 Å². The third-order valence-corrected chi connectivity index (χ3v) is 6.75. The molecule has 0 atom stereocenters. The van der Waals surface area contributed by atoms with Crippen LogP contribution >= 0.6 is 23.1 Å². The molecule has 0 saturated carbocycles. The summed E-state index contributed by atoms with van der Waals surface area (Å²) in [7, 11) is 1.65. The second-order valence-corrected chi connectivity index (χ2v) is 9.01. The van der Waals surface area contributed by atoms with Crippen molar-refractivity contribution in [2.24, 2.45) is 0 Å². The lowest BCUT2D eigenvalue weighted by atomic mass is 10.1. The van der Waals surface area contributed by atoms with Gasteiger partial charge >= 0.3 is 0 Å². The van der Waals surface area contributed by atoms with E-state index in [1.54, 1.807) is 18.4 Å². The Labute approximate surface area is 195 Å². The van der Waals surface area contributed by atoms with Crippen molar-refractivity contribution in [2.45, 2.75) is 24.7 Å². The van der Waals surface area contributed by atoms with E-state index in [1.165, 1.54) is 17.3 Å². The second kappa shape index (κ2) is 11.0. The summed E-state index contributed by atoms with van der Waals surface area (Å²) >= 11 is 3.03. The minimum Gasteiger partial charge on any atom is -0.496 e. The van der Waals surface area contributed by atoms with Gasteiger partial charge < -0.3 is 14.6 Å². The van der Waals surface area contributed by atoms with Gasteiger partial charge in [-0.2, -0.15) is 0 Å². The highest BCUT2D eigenvalue weighted by Crippen LogP contribution is 2.31. The largest absolute Gasteiger partial charge is 0.496 e. The number of carbonyl (C=O) groups is 1. The Morgan fingerprint density at radius 1 is 1.06 bits per heavy atom. The Bertz CT molecular complexity index is 1140. The molecule has 1 N–H and O–H groups in total. The summed E-state index contributed by atoms with van der Waals surface area (Å²) in [5.41, 5.74) is 2.11. The van der Waals surface area contributed by atoms with Gasteiger partial charge in [0.2, 0.25) is 5.91 Å². The average Bonchev–Trinajstić information content (AvgIpc) is 3.50. The summed E-state index contributed by atoms with van der Waals surface area (Å²) in [5.74, 6) is 1.73. The monoisotopic (exact) mass is 464 g/mol. The second-order valence-electron chi connectivity index (χ2n) is 7.04. The standard InChI is InChI=1S/C24H24N4O2S2/c1-30-21-12-6-5-11-20(21)23-26-27-24(28(23)14-13-18-8-3-2-4-9-18)32-17-22(29)25-16-19-10-7-15-31-19/h2-12,15H,13-14,16-17H2,1H3,(H,25,29). The zero-order chi connectivity index (χ0) is 22.2. The van der Waals surface area contributed by atoms with Crippen molar-refractivity contribution in [1.82, 2.24) is 20.1 Å². The topological polar surface area (TPSA) is 69.0 Å². The van der Waals surface area contributed by atoms with Gasteiger partial charge in [0, 0.05) is 11.4 Å². The summed E-state index contributed by atoms with van der Waals surface area (Å²) < 4.78 is 7.61. The number of carbonyl (C=O) groups excluding carboxylic acids is 1. The molecule has 2 aromatic carbocycles. The molecule has 2 aromatic heterocycles. The summed E-state index contributed by atoms with van der Waals surface area (Å²) in [5, 5.41) is 14.5. The normalized spacial score (nSPS) is 10.8. The Balaban J connectivity index is 1.51. The molecule has 0 unspecified atom stereocenters. The van der Waals surface area contributed by atoms with E-state index in [0.29, 0.717) is 18.2 Å². The first-order valence-corrected chi connectivity index (χ1v) is 12.1. The van der Waals surface area contributed by atoms with E-state index in [9.17, 15) is 4.79 Å². The smallest absolute Gasteiger partial charge is 0.230 e. The highest BCUT2D eigenvalue weighted by Gasteiger charge is 2.18. The van der Waals surface area contributed by atoms with Gasteiger partial charge in [-0.25, -0.2) is 0 Å². The number of ether oxygens (including phenoxy) is 1. The van der Waals surface area contributed by atoms with Gasteiger partial charge in [-0.3, -0.25) is 4.79 Å². The van der Waals surface area contributed by atoms with Crippen LogP contribution < -0.4 is 10.1 Å². The average molecular weight is 465 g/mol. The van der Waals surface area contributed by atoms with Crippen LogP contribution in [0.15, 0.2) is 77.3 Å². The molecule has 0 aliphatic carbocycles. The first-order valence-electron chi connectivity index (χ1n) is 10.3. The summed E-state index contributed by atoms with van der Waals surface area (Å²) in [4.78, 5) is 13.5. The Morgan fingerprint density at radius 2 is 1.88 bits per heavy atom. The number of benzene rings is 2. The quantitative estimate of drug-likeness (QED) is 0.346. The van der Waals surface area contributed by atoms with Crippen molar-refractivity contribution in [3.05, 3.63) is 82.6 Å². The minimum absolute atomic E-state index is 0.0279. The number of thiophene rings is 1. The van der Waals surface area contributed by atoms with E-state index in [4.69, 9.17) is 4.74 Å². The number of rotatable bonds is 10. The molecule has 32 heavy (non-hydrogen) atoms. The summed E-state index contributed by atoms with van der Waals surface area (Å²) in [6, 6.07) is 22.1. The molecule has 0 radical (unpaired) electrons. The van der Waals surface area contributed by atoms with Crippen LogP contribution in [-0.4, -0.2) is 33.5 Å². The van der Waals surface area contributed by atoms with Gasteiger partial charge in [-0.15, -0.1) is 21.5 Å². The lowest BCUT2D eigenvalue weighted by Crippen LogP contribution is -2.24. The van der Waals surface area contributed by atoms with Crippen LogP contribution in [0.2, 0.25) is 0 Å². The molecule has 8 heteroatoms. The van der Waals surface area contributed by atoms with Gasteiger partial charge in [0.05, 0.1) is 25.0 Å². The first-order chi connectivity index (χ1) is 15.7. The molecule has 164 valence electrons. The van der Waals surface area contributed by atoms with E-state index in [-0.39, 0.29) is 11.7 Å². The van der Waals surface area contributed by atoms with Crippen LogP contribution in [-0.2, 0) is 24.3 Å². The Morgan fingerprint density at radius 3 is 2.66 bits per heavy atom. The van der Waals surface area contributed by atoms with Crippen LogP contribution in [0.5, 0.6) is 5.75 Å².